The smallest absolute Gasteiger partial charge is 0.259 e. The maximum Gasteiger partial charge on any atom is 0.259 e. The number of rotatable bonds is 4. The van der Waals surface area contributed by atoms with Crippen molar-refractivity contribution in [2.24, 2.45) is 5.92 Å². The average molecular weight is 254 g/mol. The molecule has 1 rings (SSSR count). The second kappa shape index (κ2) is 6.54. The minimum Gasteiger partial charge on any atom is -0.383 e. The summed E-state index contributed by atoms with van der Waals surface area (Å²) in [6, 6.07) is 0. The molecule has 1 amide bonds. The molecule has 0 spiro atoms. The van der Waals surface area contributed by atoms with Crippen molar-refractivity contribution in [2.45, 2.75) is 13.8 Å². The molecule has 5 heteroatoms. The quantitative estimate of drug-likeness (QED) is 0.417. The monoisotopic (exact) mass is 254 g/mol. The minimum atomic E-state index is -0.189. The first-order valence-corrected chi connectivity index (χ1v) is 6.23. The first kappa shape index (κ1) is 14.7. The molecule has 1 saturated heterocycles. The Bertz CT molecular complexity index is 342. The lowest BCUT2D eigenvalue weighted by atomic mass is 10.0. The van der Waals surface area contributed by atoms with Crippen LogP contribution >= 0.6 is 0 Å². The lowest BCUT2D eigenvalue weighted by Crippen LogP contribution is -2.43. The Morgan fingerprint density at radius 1 is 1.22 bits per heavy atom. The van der Waals surface area contributed by atoms with E-state index in [0.29, 0.717) is 26.3 Å². The van der Waals surface area contributed by atoms with Crippen molar-refractivity contribution < 1.29 is 14.3 Å². The van der Waals surface area contributed by atoms with E-state index in [0.717, 1.165) is 0 Å². The molecule has 5 nitrogen and oxygen atoms in total. The van der Waals surface area contributed by atoms with Crippen LogP contribution in [0.1, 0.15) is 13.8 Å². The summed E-state index contributed by atoms with van der Waals surface area (Å²) in [4.78, 5) is 27.8. The van der Waals surface area contributed by atoms with Crippen LogP contribution < -0.4 is 0 Å². The van der Waals surface area contributed by atoms with Gasteiger partial charge in [0.05, 0.1) is 18.8 Å². The molecule has 0 radical (unpaired) electrons. The predicted molar refractivity (Wildman–Crippen MR) is 69.0 cm³/mol. The van der Waals surface area contributed by atoms with Crippen molar-refractivity contribution >= 4 is 11.7 Å². The highest BCUT2D eigenvalue weighted by Crippen LogP contribution is 2.12. The normalized spacial score (nSPS) is 16.9. The molecule has 0 aliphatic carbocycles. The summed E-state index contributed by atoms with van der Waals surface area (Å²) in [6.45, 7) is 5.79. The number of ether oxygens (including phenoxy) is 1. The van der Waals surface area contributed by atoms with Gasteiger partial charge in [0.25, 0.3) is 5.91 Å². The van der Waals surface area contributed by atoms with Gasteiger partial charge in [-0.3, -0.25) is 9.59 Å². The van der Waals surface area contributed by atoms with Gasteiger partial charge in [0, 0.05) is 39.3 Å². The summed E-state index contributed by atoms with van der Waals surface area (Å²) in [5.74, 6) is -0.480. The van der Waals surface area contributed by atoms with Crippen LogP contribution in [0, 0.1) is 5.92 Å². The van der Waals surface area contributed by atoms with Crippen LogP contribution in [0.3, 0.4) is 0 Å². The van der Waals surface area contributed by atoms with Gasteiger partial charge in [0.2, 0.25) is 0 Å². The van der Waals surface area contributed by atoms with Crippen molar-refractivity contribution in [3.63, 3.8) is 0 Å². The number of Topliss-reactive ketones (excluding diaryl/α,β-unsaturated/α-hetero) is 1. The zero-order valence-electron chi connectivity index (χ0n) is 11.6. The molecule has 102 valence electrons. The Balaban J connectivity index is 2.88. The Kier molecular flexibility index (Phi) is 5.34. The molecule has 0 N–H and O–H groups in total. The molecule has 1 aliphatic heterocycles. The first-order valence-electron chi connectivity index (χ1n) is 6.23. The molecule has 1 heterocycles. The van der Waals surface area contributed by atoms with Crippen LogP contribution in [0.25, 0.3) is 0 Å². The van der Waals surface area contributed by atoms with Crippen molar-refractivity contribution in [2.75, 3.05) is 40.4 Å². The topological polar surface area (TPSA) is 49.9 Å². The van der Waals surface area contributed by atoms with Crippen molar-refractivity contribution in [1.29, 1.82) is 0 Å². The van der Waals surface area contributed by atoms with Crippen LogP contribution in [0.4, 0.5) is 0 Å². The van der Waals surface area contributed by atoms with E-state index >= 15 is 0 Å². The highest BCUT2D eigenvalue weighted by molar-refractivity contribution is 6.19. The second-order valence-electron chi connectivity index (χ2n) is 4.93. The molecule has 1 fully saturated rings. The lowest BCUT2D eigenvalue weighted by molar-refractivity contribution is -0.133. The van der Waals surface area contributed by atoms with E-state index in [1.54, 1.807) is 43.9 Å². The minimum absolute atomic E-state index is 0.111. The van der Waals surface area contributed by atoms with Crippen LogP contribution in [0.5, 0.6) is 0 Å². The van der Waals surface area contributed by atoms with Crippen LogP contribution in [-0.2, 0) is 14.3 Å². The number of morpholine rings is 1. The Hall–Kier alpha value is -1.36. The lowest BCUT2D eigenvalue weighted by Gasteiger charge is -2.28. The number of ketones is 1. The van der Waals surface area contributed by atoms with Crippen molar-refractivity contribution in [3.05, 3.63) is 11.8 Å². The molecule has 0 bridgehead atoms. The molecule has 0 unspecified atom stereocenters. The molecule has 0 aromatic heterocycles. The summed E-state index contributed by atoms with van der Waals surface area (Å²) in [5, 5.41) is 0. The molecule has 0 aromatic carbocycles. The number of hydrogen-bond acceptors (Lipinski definition) is 4. The van der Waals surface area contributed by atoms with Crippen LogP contribution in [-0.4, -0.2) is 61.9 Å². The maximum atomic E-state index is 12.3. The van der Waals surface area contributed by atoms with Gasteiger partial charge in [0.1, 0.15) is 0 Å². The molecule has 1 aliphatic rings. The molecule has 0 aromatic rings. The first-order chi connectivity index (χ1) is 8.43. The Morgan fingerprint density at radius 2 is 1.78 bits per heavy atom. The molecule has 18 heavy (non-hydrogen) atoms. The number of amides is 1. The highest BCUT2D eigenvalue weighted by Gasteiger charge is 2.26. The van der Waals surface area contributed by atoms with Gasteiger partial charge in [-0.25, -0.2) is 0 Å². The Morgan fingerprint density at radius 3 is 2.22 bits per heavy atom. The van der Waals surface area contributed by atoms with Gasteiger partial charge >= 0.3 is 0 Å². The van der Waals surface area contributed by atoms with Gasteiger partial charge in [-0.2, -0.15) is 0 Å². The van der Waals surface area contributed by atoms with Gasteiger partial charge in [-0.1, -0.05) is 13.8 Å². The van der Waals surface area contributed by atoms with E-state index in [1.165, 1.54) is 0 Å². The highest BCUT2D eigenvalue weighted by atomic mass is 16.5. The van der Waals surface area contributed by atoms with Gasteiger partial charge < -0.3 is 14.5 Å². The number of hydrogen-bond donors (Lipinski definition) is 0. The van der Waals surface area contributed by atoms with Gasteiger partial charge in [0.15, 0.2) is 5.78 Å². The summed E-state index contributed by atoms with van der Waals surface area (Å²) >= 11 is 0. The second-order valence-corrected chi connectivity index (χ2v) is 4.93. The third kappa shape index (κ3) is 3.84. The number of carbonyl (C=O) groups is 2. The molecular weight excluding hydrogens is 232 g/mol. The van der Waals surface area contributed by atoms with Crippen LogP contribution in [0.15, 0.2) is 11.8 Å². The summed E-state index contributed by atoms with van der Waals surface area (Å²) in [7, 11) is 3.61. The van der Waals surface area contributed by atoms with Crippen LogP contribution in [0.2, 0.25) is 0 Å². The molecular formula is C13H22N2O3. The van der Waals surface area contributed by atoms with E-state index in [9.17, 15) is 9.59 Å². The van der Waals surface area contributed by atoms with E-state index in [1.807, 2.05) is 0 Å². The van der Waals surface area contributed by atoms with Gasteiger partial charge in [-0.15, -0.1) is 0 Å². The van der Waals surface area contributed by atoms with Crippen molar-refractivity contribution in [3.8, 4) is 0 Å². The summed E-state index contributed by atoms with van der Waals surface area (Å²) in [6.07, 6.45) is 1.61. The zero-order chi connectivity index (χ0) is 13.7. The average Bonchev–Trinajstić information content (AvgIpc) is 2.35. The third-order valence-electron chi connectivity index (χ3n) is 2.71. The van der Waals surface area contributed by atoms with Crippen molar-refractivity contribution in [1.82, 2.24) is 9.80 Å². The summed E-state index contributed by atoms with van der Waals surface area (Å²) in [5.41, 5.74) is 0.261. The maximum absolute atomic E-state index is 12.3. The predicted octanol–water partition coefficient (Wildman–Crippen LogP) is 0.516. The van der Waals surface area contributed by atoms with E-state index in [2.05, 4.69) is 0 Å². The van der Waals surface area contributed by atoms with E-state index in [-0.39, 0.29) is 23.2 Å². The number of nitrogens with zero attached hydrogens (tertiary/aromatic N) is 2. The van der Waals surface area contributed by atoms with E-state index in [4.69, 9.17) is 4.74 Å². The fraction of sp³-hybridized carbons (Fsp3) is 0.692. The summed E-state index contributed by atoms with van der Waals surface area (Å²) < 4.78 is 5.21. The zero-order valence-corrected chi connectivity index (χ0v) is 11.6. The SMILES string of the molecule is CC(C)C(=O)/C(=C/N(C)C)C(=O)N1CCOCC1. The fourth-order valence-corrected chi connectivity index (χ4v) is 1.73. The standard InChI is InChI=1S/C13H22N2O3/c1-10(2)12(16)11(9-14(3)4)13(17)15-5-7-18-8-6-15/h9-10H,5-8H2,1-4H3/b11-9-. The molecule has 0 atom stereocenters. The largest absolute Gasteiger partial charge is 0.383 e. The third-order valence-corrected chi connectivity index (χ3v) is 2.71. The van der Waals surface area contributed by atoms with Gasteiger partial charge in [-0.05, 0) is 0 Å². The fourth-order valence-electron chi connectivity index (χ4n) is 1.73. The Labute approximate surface area is 108 Å². The number of carbonyl (C=O) groups excluding carboxylic acids is 2. The van der Waals surface area contributed by atoms with E-state index < -0.39 is 0 Å². The molecule has 0 saturated carbocycles.